The molecule has 1 heterocycles. The van der Waals surface area contributed by atoms with E-state index in [0.29, 0.717) is 0 Å². The van der Waals surface area contributed by atoms with Gasteiger partial charge in [0.2, 0.25) is 0 Å². The molecule has 1 aliphatic rings. The first-order valence-corrected chi connectivity index (χ1v) is 7.06. The van der Waals surface area contributed by atoms with Gasteiger partial charge in [0.25, 0.3) is 0 Å². The summed E-state index contributed by atoms with van der Waals surface area (Å²) >= 11 is 5.87. The van der Waals surface area contributed by atoms with Crippen LogP contribution in [0.4, 0.5) is 0 Å². The van der Waals surface area contributed by atoms with Gasteiger partial charge in [-0.25, -0.2) is 0 Å². The van der Waals surface area contributed by atoms with Crippen molar-refractivity contribution >= 4 is 17.6 Å². The zero-order valence-corrected chi connectivity index (χ0v) is 12.2. The largest absolute Gasteiger partial charge is 0.480 e. The number of rotatable bonds is 4. The Bertz CT molecular complexity index is 460. The number of aliphatic carboxylic acids is 1. The van der Waals surface area contributed by atoms with Crippen LogP contribution in [0.3, 0.4) is 0 Å². The molecule has 0 aliphatic carbocycles. The molecule has 2 rings (SSSR count). The Kier molecular flexibility index (Phi) is 4.16. The second-order valence-corrected chi connectivity index (χ2v) is 5.99. The van der Waals surface area contributed by atoms with E-state index in [1.165, 1.54) is 5.56 Å². The second kappa shape index (κ2) is 5.51. The van der Waals surface area contributed by atoms with Crippen molar-refractivity contribution in [2.24, 2.45) is 0 Å². The molecule has 0 amide bonds. The average molecular weight is 282 g/mol. The molecule has 1 fully saturated rings. The van der Waals surface area contributed by atoms with E-state index in [0.717, 1.165) is 30.8 Å². The molecule has 0 aromatic heterocycles. The Hall–Kier alpha value is -1.06. The van der Waals surface area contributed by atoms with E-state index in [2.05, 4.69) is 11.8 Å². The molecular weight excluding hydrogens is 262 g/mol. The molecule has 3 nitrogen and oxygen atoms in total. The molecule has 1 aromatic carbocycles. The van der Waals surface area contributed by atoms with Crippen LogP contribution in [-0.4, -0.2) is 34.1 Å². The van der Waals surface area contributed by atoms with Crippen LogP contribution in [0.25, 0.3) is 0 Å². The number of benzene rings is 1. The molecule has 2 unspecified atom stereocenters. The minimum atomic E-state index is -0.716. The van der Waals surface area contributed by atoms with Crippen LogP contribution < -0.4 is 0 Å². The van der Waals surface area contributed by atoms with Gasteiger partial charge in [0.05, 0.1) is 0 Å². The maximum atomic E-state index is 11.5. The SMILES string of the molecule is CC(Cc1ccc(Cl)cc1)N1CCCC1(C)C(=O)O. The van der Waals surface area contributed by atoms with Crippen molar-refractivity contribution in [3.8, 4) is 0 Å². The van der Waals surface area contributed by atoms with Gasteiger partial charge in [-0.2, -0.15) is 0 Å². The van der Waals surface area contributed by atoms with Crippen molar-refractivity contribution in [3.05, 3.63) is 34.9 Å². The van der Waals surface area contributed by atoms with Gasteiger partial charge in [-0.3, -0.25) is 9.69 Å². The Morgan fingerprint density at radius 2 is 2.11 bits per heavy atom. The number of hydrogen-bond acceptors (Lipinski definition) is 2. The van der Waals surface area contributed by atoms with Gasteiger partial charge in [-0.1, -0.05) is 23.7 Å². The van der Waals surface area contributed by atoms with E-state index in [1.807, 2.05) is 31.2 Å². The number of nitrogens with zero attached hydrogens (tertiary/aromatic N) is 1. The Morgan fingerprint density at radius 1 is 1.47 bits per heavy atom. The van der Waals surface area contributed by atoms with Gasteiger partial charge in [0.1, 0.15) is 5.54 Å². The van der Waals surface area contributed by atoms with Crippen molar-refractivity contribution in [1.82, 2.24) is 4.90 Å². The maximum Gasteiger partial charge on any atom is 0.323 e. The summed E-state index contributed by atoms with van der Waals surface area (Å²) in [6.45, 7) is 4.79. The van der Waals surface area contributed by atoms with Crippen molar-refractivity contribution in [2.75, 3.05) is 6.54 Å². The molecule has 1 N–H and O–H groups in total. The summed E-state index contributed by atoms with van der Waals surface area (Å²) in [4.78, 5) is 13.6. The summed E-state index contributed by atoms with van der Waals surface area (Å²) in [5.41, 5.74) is 0.475. The van der Waals surface area contributed by atoms with Crippen molar-refractivity contribution in [2.45, 2.75) is 44.7 Å². The summed E-state index contributed by atoms with van der Waals surface area (Å²) < 4.78 is 0. The van der Waals surface area contributed by atoms with E-state index in [4.69, 9.17) is 11.6 Å². The Morgan fingerprint density at radius 3 is 2.68 bits per heavy atom. The van der Waals surface area contributed by atoms with E-state index in [1.54, 1.807) is 0 Å². The number of hydrogen-bond donors (Lipinski definition) is 1. The molecule has 104 valence electrons. The van der Waals surface area contributed by atoms with Crippen molar-refractivity contribution in [1.29, 1.82) is 0 Å². The third-order valence-electron chi connectivity index (χ3n) is 4.13. The van der Waals surface area contributed by atoms with Crippen LogP contribution in [0.2, 0.25) is 5.02 Å². The predicted molar refractivity (Wildman–Crippen MR) is 76.6 cm³/mol. The maximum absolute atomic E-state index is 11.5. The first-order chi connectivity index (χ1) is 8.93. The fourth-order valence-corrected chi connectivity index (χ4v) is 3.12. The van der Waals surface area contributed by atoms with Gasteiger partial charge >= 0.3 is 5.97 Å². The molecule has 19 heavy (non-hydrogen) atoms. The minimum absolute atomic E-state index is 0.213. The summed E-state index contributed by atoms with van der Waals surface area (Å²) in [5, 5.41) is 10.2. The first kappa shape index (κ1) is 14.4. The molecule has 1 aliphatic heterocycles. The molecular formula is C15H20ClNO2. The second-order valence-electron chi connectivity index (χ2n) is 5.56. The van der Waals surface area contributed by atoms with Gasteiger partial charge in [-0.05, 0) is 57.4 Å². The zero-order valence-electron chi connectivity index (χ0n) is 11.4. The topological polar surface area (TPSA) is 40.5 Å². The smallest absolute Gasteiger partial charge is 0.323 e. The molecule has 0 bridgehead atoms. The molecule has 0 radical (unpaired) electrons. The van der Waals surface area contributed by atoms with Gasteiger partial charge in [0, 0.05) is 11.1 Å². The molecule has 2 atom stereocenters. The molecule has 0 spiro atoms. The van der Waals surface area contributed by atoms with Crippen LogP contribution in [0.15, 0.2) is 24.3 Å². The summed E-state index contributed by atoms with van der Waals surface area (Å²) in [5.74, 6) is -0.715. The van der Waals surface area contributed by atoms with Crippen LogP contribution in [0.5, 0.6) is 0 Å². The van der Waals surface area contributed by atoms with E-state index in [-0.39, 0.29) is 6.04 Å². The monoisotopic (exact) mass is 281 g/mol. The van der Waals surface area contributed by atoms with E-state index >= 15 is 0 Å². The first-order valence-electron chi connectivity index (χ1n) is 6.68. The van der Waals surface area contributed by atoms with Crippen LogP contribution in [-0.2, 0) is 11.2 Å². The highest BCUT2D eigenvalue weighted by Crippen LogP contribution is 2.32. The van der Waals surface area contributed by atoms with Crippen LogP contribution in [0.1, 0.15) is 32.3 Å². The van der Waals surface area contributed by atoms with Gasteiger partial charge in [0.15, 0.2) is 0 Å². The number of halogens is 1. The zero-order chi connectivity index (χ0) is 14.0. The quantitative estimate of drug-likeness (QED) is 0.921. The number of likely N-dealkylation sites (tertiary alicyclic amines) is 1. The Labute approximate surface area is 119 Å². The third-order valence-corrected chi connectivity index (χ3v) is 4.39. The third kappa shape index (κ3) is 2.93. The van der Waals surface area contributed by atoms with Crippen LogP contribution >= 0.6 is 11.6 Å². The predicted octanol–water partition coefficient (Wildman–Crippen LogP) is 3.21. The average Bonchev–Trinajstić information content (AvgIpc) is 2.76. The lowest BCUT2D eigenvalue weighted by atomic mass is 9.96. The van der Waals surface area contributed by atoms with Gasteiger partial charge in [-0.15, -0.1) is 0 Å². The van der Waals surface area contributed by atoms with Gasteiger partial charge < -0.3 is 5.11 Å². The number of carboxylic acid groups (broad SMARTS) is 1. The number of carbonyl (C=O) groups is 1. The van der Waals surface area contributed by atoms with Crippen molar-refractivity contribution < 1.29 is 9.90 Å². The fraction of sp³-hybridized carbons (Fsp3) is 0.533. The molecule has 1 saturated heterocycles. The van der Waals surface area contributed by atoms with Crippen LogP contribution in [0, 0.1) is 0 Å². The summed E-state index contributed by atoms with van der Waals surface area (Å²) in [6.07, 6.45) is 2.53. The fourth-order valence-electron chi connectivity index (χ4n) is 2.99. The van der Waals surface area contributed by atoms with Crippen molar-refractivity contribution in [3.63, 3.8) is 0 Å². The highest BCUT2D eigenvalue weighted by molar-refractivity contribution is 6.30. The minimum Gasteiger partial charge on any atom is -0.480 e. The lowest BCUT2D eigenvalue weighted by molar-refractivity contribution is -0.149. The lowest BCUT2D eigenvalue weighted by Gasteiger charge is -2.36. The molecule has 0 saturated carbocycles. The standard InChI is InChI=1S/C15H20ClNO2/c1-11(10-12-4-6-13(16)7-5-12)17-9-3-8-15(17,2)14(18)19/h4-7,11H,3,8-10H2,1-2H3,(H,18,19). The lowest BCUT2D eigenvalue weighted by Crippen LogP contribution is -2.52. The highest BCUT2D eigenvalue weighted by Gasteiger charge is 2.45. The summed E-state index contributed by atoms with van der Waals surface area (Å²) in [6, 6.07) is 7.98. The summed E-state index contributed by atoms with van der Waals surface area (Å²) in [7, 11) is 0. The normalized spacial score (nSPS) is 25.4. The Balaban J connectivity index is 2.09. The molecule has 4 heteroatoms. The van der Waals surface area contributed by atoms with E-state index < -0.39 is 11.5 Å². The number of carboxylic acids is 1. The molecule has 1 aromatic rings. The highest BCUT2D eigenvalue weighted by atomic mass is 35.5. The van der Waals surface area contributed by atoms with E-state index in [9.17, 15) is 9.90 Å².